The maximum Gasteiger partial charge on any atom is 0.417 e. The van der Waals surface area contributed by atoms with E-state index in [0.717, 1.165) is 22.5 Å². The van der Waals surface area contributed by atoms with Gasteiger partial charge < -0.3 is 15.4 Å². The molecule has 32 heavy (non-hydrogen) atoms. The van der Waals surface area contributed by atoms with Crippen molar-refractivity contribution in [3.63, 3.8) is 0 Å². The maximum absolute atomic E-state index is 12.9. The molecule has 6 nitrogen and oxygen atoms in total. The summed E-state index contributed by atoms with van der Waals surface area (Å²) in [5.41, 5.74) is 1.37. The van der Waals surface area contributed by atoms with Gasteiger partial charge in [0.05, 0.1) is 35.8 Å². The monoisotopic (exact) mass is 458 g/mol. The molecule has 4 aromatic rings. The van der Waals surface area contributed by atoms with Crippen LogP contribution >= 0.6 is 11.3 Å². The zero-order valence-electron chi connectivity index (χ0n) is 16.7. The second kappa shape index (κ2) is 8.83. The number of aromatic nitrogens is 2. The summed E-state index contributed by atoms with van der Waals surface area (Å²) < 4.78 is 43.9. The van der Waals surface area contributed by atoms with E-state index in [1.807, 2.05) is 24.3 Å². The van der Waals surface area contributed by atoms with Gasteiger partial charge in [0.15, 0.2) is 0 Å². The van der Waals surface area contributed by atoms with Gasteiger partial charge >= 0.3 is 6.18 Å². The molecule has 0 aliphatic carbocycles. The van der Waals surface area contributed by atoms with Crippen molar-refractivity contribution < 1.29 is 22.7 Å². The number of hydrogen-bond donors (Lipinski definition) is 2. The highest BCUT2D eigenvalue weighted by molar-refractivity contribution is 7.12. The lowest BCUT2D eigenvalue weighted by atomic mass is 10.1. The van der Waals surface area contributed by atoms with E-state index in [1.165, 1.54) is 17.5 Å². The fourth-order valence-corrected chi connectivity index (χ4v) is 3.90. The number of methoxy groups -OCH3 is 1. The van der Waals surface area contributed by atoms with Crippen molar-refractivity contribution in [2.24, 2.45) is 0 Å². The molecular weight excluding hydrogens is 441 g/mol. The van der Waals surface area contributed by atoms with Crippen molar-refractivity contribution in [2.75, 3.05) is 17.7 Å². The van der Waals surface area contributed by atoms with Gasteiger partial charge in [-0.2, -0.15) is 13.2 Å². The molecule has 2 N–H and O–H groups in total. The summed E-state index contributed by atoms with van der Waals surface area (Å²) in [5.74, 6) is 0.184. The van der Waals surface area contributed by atoms with Gasteiger partial charge in [-0.15, -0.1) is 11.3 Å². The lowest BCUT2D eigenvalue weighted by molar-refractivity contribution is -0.137. The van der Waals surface area contributed by atoms with Gasteiger partial charge in [0.2, 0.25) is 0 Å². The van der Waals surface area contributed by atoms with Gasteiger partial charge in [-0.05, 0) is 41.3 Å². The average molecular weight is 458 g/mol. The van der Waals surface area contributed by atoms with Gasteiger partial charge in [-0.25, -0.2) is 0 Å². The Morgan fingerprint density at radius 2 is 2.00 bits per heavy atom. The Bertz CT molecular complexity index is 1270. The molecule has 0 atom stereocenters. The zero-order valence-corrected chi connectivity index (χ0v) is 17.6. The van der Waals surface area contributed by atoms with E-state index in [2.05, 4.69) is 20.6 Å². The SMILES string of the molecule is COc1ccc2c(CNc3ccsc3C(=O)Nc3cncc(C(F)(F)F)c3)ccnc2c1. The number of anilines is 2. The fourth-order valence-electron chi connectivity index (χ4n) is 3.13. The Balaban J connectivity index is 1.50. The number of fused-ring (bicyclic) bond motifs is 1. The molecule has 0 spiro atoms. The van der Waals surface area contributed by atoms with Crippen LogP contribution in [-0.2, 0) is 12.7 Å². The van der Waals surface area contributed by atoms with E-state index in [0.29, 0.717) is 29.1 Å². The molecule has 0 fully saturated rings. The third kappa shape index (κ3) is 4.65. The molecule has 1 amide bonds. The van der Waals surface area contributed by atoms with Crippen LogP contribution in [0, 0.1) is 0 Å². The first-order valence-electron chi connectivity index (χ1n) is 9.42. The number of pyridine rings is 2. The van der Waals surface area contributed by atoms with Gasteiger partial charge in [-0.3, -0.25) is 14.8 Å². The second-order valence-electron chi connectivity index (χ2n) is 6.78. The van der Waals surface area contributed by atoms with E-state index in [-0.39, 0.29) is 5.69 Å². The number of alkyl halides is 3. The topological polar surface area (TPSA) is 76.1 Å². The van der Waals surface area contributed by atoms with E-state index >= 15 is 0 Å². The Morgan fingerprint density at radius 1 is 1.16 bits per heavy atom. The van der Waals surface area contributed by atoms with Crippen molar-refractivity contribution >= 4 is 39.5 Å². The number of amides is 1. The predicted octanol–water partition coefficient (Wildman–Crippen LogP) is 5.58. The summed E-state index contributed by atoms with van der Waals surface area (Å²) in [6, 6.07) is 10.1. The summed E-state index contributed by atoms with van der Waals surface area (Å²) in [6.45, 7) is 0.424. The second-order valence-corrected chi connectivity index (χ2v) is 7.70. The molecule has 0 bridgehead atoms. The first-order chi connectivity index (χ1) is 15.3. The number of carbonyl (C=O) groups is 1. The molecule has 4 rings (SSSR count). The zero-order chi connectivity index (χ0) is 22.7. The Morgan fingerprint density at radius 3 is 2.78 bits per heavy atom. The number of nitrogens with zero attached hydrogens (tertiary/aromatic N) is 2. The maximum atomic E-state index is 12.9. The van der Waals surface area contributed by atoms with Crippen molar-refractivity contribution in [3.8, 4) is 5.75 Å². The van der Waals surface area contributed by atoms with Crippen molar-refractivity contribution in [2.45, 2.75) is 12.7 Å². The molecule has 164 valence electrons. The normalized spacial score (nSPS) is 11.4. The van der Waals surface area contributed by atoms with Gasteiger partial charge in [0, 0.05) is 30.4 Å². The molecule has 0 radical (unpaired) electrons. The highest BCUT2D eigenvalue weighted by Gasteiger charge is 2.31. The van der Waals surface area contributed by atoms with Crippen LogP contribution in [0.3, 0.4) is 0 Å². The average Bonchev–Trinajstić information content (AvgIpc) is 3.25. The van der Waals surface area contributed by atoms with Crippen LogP contribution in [-0.4, -0.2) is 23.0 Å². The molecule has 1 aromatic carbocycles. The molecule has 0 aliphatic rings. The molecule has 10 heteroatoms. The molecule has 0 saturated carbocycles. The molecule has 3 heterocycles. The predicted molar refractivity (Wildman–Crippen MR) is 117 cm³/mol. The van der Waals surface area contributed by atoms with Crippen LogP contribution in [0.4, 0.5) is 24.5 Å². The van der Waals surface area contributed by atoms with Crippen molar-refractivity contribution in [1.29, 1.82) is 0 Å². The summed E-state index contributed by atoms with van der Waals surface area (Å²) in [7, 11) is 1.59. The van der Waals surface area contributed by atoms with E-state index in [9.17, 15) is 18.0 Å². The summed E-state index contributed by atoms with van der Waals surface area (Å²) in [4.78, 5) is 20.9. The third-order valence-corrected chi connectivity index (χ3v) is 5.62. The third-order valence-electron chi connectivity index (χ3n) is 4.70. The molecule has 0 aliphatic heterocycles. The Kier molecular flexibility index (Phi) is 5.95. The van der Waals surface area contributed by atoms with Crippen molar-refractivity contribution in [3.05, 3.63) is 76.4 Å². The van der Waals surface area contributed by atoms with E-state index in [1.54, 1.807) is 24.8 Å². The lowest BCUT2D eigenvalue weighted by Gasteiger charge is -2.11. The van der Waals surface area contributed by atoms with Crippen LogP contribution < -0.4 is 15.4 Å². The first-order valence-corrected chi connectivity index (χ1v) is 10.3. The van der Waals surface area contributed by atoms with Gasteiger partial charge in [-0.1, -0.05) is 0 Å². The van der Waals surface area contributed by atoms with Gasteiger partial charge in [0.25, 0.3) is 5.91 Å². The minimum atomic E-state index is -4.54. The smallest absolute Gasteiger partial charge is 0.417 e. The molecule has 0 saturated heterocycles. The Labute approximate surface area is 185 Å². The van der Waals surface area contributed by atoms with Crippen LogP contribution in [0.25, 0.3) is 10.9 Å². The van der Waals surface area contributed by atoms with E-state index in [4.69, 9.17) is 4.74 Å². The minimum absolute atomic E-state index is 0.0294. The number of ether oxygens (including phenoxy) is 1. The molecule has 0 unspecified atom stereocenters. The van der Waals surface area contributed by atoms with Crippen LogP contribution in [0.2, 0.25) is 0 Å². The first kappa shape index (κ1) is 21.6. The summed E-state index contributed by atoms with van der Waals surface area (Å²) >= 11 is 1.18. The van der Waals surface area contributed by atoms with Crippen molar-refractivity contribution in [1.82, 2.24) is 9.97 Å². The van der Waals surface area contributed by atoms with E-state index < -0.39 is 17.6 Å². The number of halogens is 3. The summed E-state index contributed by atoms with van der Waals surface area (Å²) in [6.07, 6.45) is -0.963. The van der Waals surface area contributed by atoms with Crippen LogP contribution in [0.15, 0.2) is 60.4 Å². The van der Waals surface area contributed by atoms with Crippen LogP contribution in [0.5, 0.6) is 5.75 Å². The highest BCUT2D eigenvalue weighted by Crippen LogP contribution is 2.31. The number of thiophene rings is 1. The Hall–Kier alpha value is -3.66. The number of rotatable bonds is 6. The quantitative estimate of drug-likeness (QED) is 0.394. The number of benzene rings is 1. The number of hydrogen-bond acceptors (Lipinski definition) is 6. The summed E-state index contributed by atoms with van der Waals surface area (Å²) in [5, 5.41) is 8.39. The number of nitrogens with one attached hydrogen (secondary N) is 2. The lowest BCUT2D eigenvalue weighted by Crippen LogP contribution is -2.14. The molecular formula is C22H17F3N4O2S. The van der Waals surface area contributed by atoms with Crippen LogP contribution in [0.1, 0.15) is 20.8 Å². The molecule has 3 aromatic heterocycles. The fraction of sp³-hybridized carbons (Fsp3) is 0.136. The minimum Gasteiger partial charge on any atom is -0.497 e. The largest absolute Gasteiger partial charge is 0.497 e. The van der Waals surface area contributed by atoms with Gasteiger partial charge in [0.1, 0.15) is 10.6 Å². The number of carbonyl (C=O) groups excluding carboxylic acids is 1. The highest BCUT2D eigenvalue weighted by atomic mass is 32.1. The standard InChI is InChI=1S/C22H17F3N4O2S/c1-31-16-2-3-17-13(4-6-27-19(17)9-16)10-28-18-5-7-32-20(18)21(30)29-15-8-14(11-26-12-15)22(23,24)25/h2-9,11-12,28H,10H2,1H3,(H,29,30).